The Labute approximate surface area is 199 Å². The van der Waals surface area contributed by atoms with E-state index in [4.69, 9.17) is 28.9 Å². The summed E-state index contributed by atoms with van der Waals surface area (Å²) in [4.78, 5) is 19.0. The molecule has 1 aromatic heterocycles. The minimum absolute atomic E-state index is 0.0601. The fourth-order valence-electron chi connectivity index (χ4n) is 3.87. The Kier molecular flexibility index (Phi) is 5.28. The number of carbonyl (C=O) groups is 1. The number of aliphatic hydroxyl groups is 1. The normalized spacial score (nSPS) is 16.0. The summed E-state index contributed by atoms with van der Waals surface area (Å²) in [6, 6.07) is 22.5. The van der Waals surface area contributed by atoms with Gasteiger partial charge < -0.3 is 10.8 Å². The van der Waals surface area contributed by atoms with E-state index >= 15 is 0 Å². The summed E-state index contributed by atoms with van der Waals surface area (Å²) >= 11 is 12.1. The molecule has 3 aromatic carbocycles. The van der Waals surface area contributed by atoms with E-state index in [0.29, 0.717) is 26.9 Å². The molecule has 2 heterocycles. The molecule has 9 heteroatoms. The molecular formula is C24H17Cl2N5O2. The number of amides is 1. The van der Waals surface area contributed by atoms with Crippen LogP contribution in [0, 0.1) is 0 Å². The summed E-state index contributed by atoms with van der Waals surface area (Å²) < 4.78 is 1.41. The third-order valence-electron chi connectivity index (χ3n) is 5.39. The highest BCUT2D eigenvalue weighted by Gasteiger charge is 2.44. The van der Waals surface area contributed by atoms with Crippen molar-refractivity contribution in [3.05, 3.63) is 106 Å². The first-order chi connectivity index (χ1) is 15.9. The average Bonchev–Trinajstić information content (AvgIpc) is 3.32. The highest BCUT2D eigenvalue weighted by molar-refractivity contribution is 6.30. The van der Waals surface area contributed by atoms with E-state index < -0.39 is 11.9 Å². The van der Waals surface area contributed by atoms with Crippen LogP contribution in [0.3, 0.4) is 0 Å². The van der Waals surface area contributed by atoms with E-state index in [0.717, 1.165) is 5.56 Å². The van der Waals surface area contributed by atoms with E-state index in [2.05, 4.69) is 10.1 Å². The van der Waals surface area contributed by atoms with Crippen LogP contribution in [0.5, 0.6) is 0 Å². The lowest BCUT2D eigenvalue weighted by atomic mass is 9.94. The number of rotatable bonds is 4. The van der Waals surface area contributed by atoms with Crippen molar-refractivity contribution in [2.24, 2.45) is 0 Å². The van der Waals surface area contributed by atoms with Crippen molar-refractivity contribution in [1.29, 1.82) is 0 Å². The first kappa shape index (κ1) is 21.1. The molecule has 164 valence electrons. The van der Waals surface area contributed by atoms with Crippen molar-refractivity contribution in [3.63, 3.8) is 0 Å². The standard InChI is InChI=1S/C24H17Cl2N5O2/c25-16-8-6-15(7-9-16)20-19(14-4-2-1-3-5-14)21(32)22(33)30(20)24-28-23(27)31(29-24)18-12-10-17(26)11-13-18/h1-13,20,32H,(H2,27,28,29)/t20-/m1/s1. The first-order valence-corrected chi connectivity index (χ1v) is 10.8. The van der Waals surface area contributed by atoms with Crippen LogP contribution in [0.15, 0.2) is 84.6 Å². The Bertz CT molecular complexity index is 1370. The Balaban J connectivity index is 1.65. The van der Waals surface area contributed by atoms with Crippen LogP contribution in [0.25, 0.3) is 11.3 Å². The summed E-state index contributed by atoms with van der Waals surface area (Å²) in [6.07, 6.45) is 0. The van der Waals surface area contributed by atoms with Crippen molar-refractivity contribution in [2.45, 2.75) is 6.04 Å². The molecule has 0 radical (unpaired) electrons. The van der Waals surface area contributed by atoms with Gasteiger partial charge in [0.2, 0.25) is 5.95 Å². The number of nitrogens with zero attached hydrogens (tertiary/aromatic N) is 4. The largest absolute Gasteiger partial charge is 0.503 e. The van der Waals surface area contributed by atoms with Crippen LogP contribution in [0.1, 0.15) is 17.2 Å². The minimum atomic E-state index is -0.683. The van der Waals surface area contributed by atoms with E-state index in [-0.39, 0.29) is 17.7 Å². The Morgan fingerprint density at radius 2 is 1.48 bits per heavy atom. The number of nitrogens with two attached hydrogens (primary N) is 1. The van der Waals surface area contributed by atoms with Gasteiger partial charge in [0.1, 0.15) is 0 Å². The number of halogens is 2. The quantitative estimate of drug-likeness (QED) is 0.420. The first-order valence-electron chi connectivity index (χ1n) is 10.00. The van der Waals surface area contributed by atoms with Crippen molar-refractivity contribution in [2.75, 3.05) is 10.6 Å². The highest BCUT2D eigenvalue weighted by atomic mass is 35.5. The van der Waals surface area contributed by atoms with Crippen LogP contribution in [-0.2, 0) is 4.79 Å². The van der Waals surface area contributed by atoms with Crippen LogP contribution >= 0.6 is 23.2 Å². The zero-order valence-electron chi connectivity index (χ0n) is 17.1. The monoisotopic (exact) mass is 477 g/mol. The van der Waals surface area contributed by atoms with E-state index in [1.54, 1.807) is 48.5 Å². The van der Waals surface area contributed by atoms with Crippen LogP contribution in [-0.4, -0.2) is 25.8 Å². The van der Waals surface area contributed by atoms with Crippen molar-refractivity contribution in [1.82, 2.24) is 14.8 Å². The van der Waals surface area contributed by atoms with Gasteiger partial charge in [-0.3, -0.25) is 9.69 Å². The molecule has 1 aliphatic heterocycles. The predicted octanol–water partition coefficient (Wildman–Crippen LogP) is 5.21. The number of aromatic nitrogens is 3. The van der Waals surface area contributed by atoms with Gasteiger partial charge in [-0.25, -0.2) is 0 Å². The molecule has 7 nitrogen and oxygen atoms in total. The topological polar surface area (TPSA) is 97.3 Å². The fraction of sp³-hybridized carbons (Fsp3) is 0.0417. The van der Waals surface area contributed by atoms with Gasteiger partial charge in [0.15, 0.2) is 5.76 Å². The summed E-state index contributed by atoms with van der Waals surface area (Å²) in [5.74, 6) is -0.850. The minimum Gasteiger partial charge on any atom is -0.503 e. The summed E-state index contributed by atoms with van der Waals surface area (Å²) in [7, 11) is 0. The third kappa shape index (κ3) is 3.71. The lowest BCUT2D eigenvalue weighted by Gasteiger charge is -2.24. The second kappa shape index (κ2) is 8.27. The van der Waals surface area contributed by atoms with Crippen LogP contribution in [0.2, 0.25) is 10.0 Å². The van der Waals surface area contributed by atoms with Gasteiger partial charge >= 0.3 is 0 Å². The summed E-state index contributed by atoms with van der Waals surface area (Å²) in [6.45, 7) is 0. The van der Waals surface area contributed by atoms with Crippen LogP contribution < -0.4 is 10.6 Å². The zero-order valence-corrected chi connectivity index (χ0v) is 18.6. The fourth-order valence-corrected chi connectivity index (χ4v) is 4.12. The van der Waals surface area contributed by atoms with Crippen LogP contribution in [0.4, 0.5) is 11.9 Å². The maximum absolute atomic E-state index is 13.3. The van der Waals surface area contributed by atoms with E-state index in [9.17, 15) is 9.90 Å². The molecular weight excluding hydrogens is 461 g/mol. The third-order valence-corrected chi connectivity index (χ3v) is 5.89. The molecule has 3 N–H and O–H groups in total. The average molecular weight is 478 g/mol. The van der Waals surface area contributed by atoms with E-state index in [1.165, 1.54) is 9.58 Å². The maximum atomic E-state index is 13.3. The molecule has 0 bridgehead atoms. The molecule has 1 atom stereocenters. The maximum Gasteiger partial charge on any atom is 0.296 e. The molecule has 1 amide bonds. The second-order valence-corrected chi connectivity index (χ2v) is 8.29. The molecule has 0 saturated carbocycles. The highest BCUT2D eigenvalue weighted by Crippen LogP contribution is 2.44. The zero-order chi connectivity index (χ0) is 23.1. The summed E-state index contributed by atoms with van der Waals surface area (Å²) in [5, 5.41) is 16.5. The van der Waals surface area contributed by atoms with Gasteiger partial charge in [-0.05, 0) is 47.5 Å². The lowest BCUT2D eigenvalue weighted by molar-refractivity contribution is -0.117. The number of hydrogen-bond donors (Lipinski definition) is 2. The molecule has 5 rings (SSSR count). The molecule has 0 fully saturated rings. The number of benzene rings is 3. The lowest BCUT2D eigenvalue weighted by Crippen LogP contribution is -2.31. The van der Waals surface area contributed by atoms with Crippen molar-refractivity contribution >= 4 is 46.6 Å². The van der Waals surface area contributed by atoms with Crippen molar-refractivity contribution in [3.8, 4) is 5.69 Å². The molecule has 1 aliphatic rings. The Morgan fingerprint density at radius 1 is 0.879 bits per heavy atom. The molecule has 0 saturated heterocycles. The second-order valence-electron chi connectivity index (χ2n) is 7.42. The van der Waals surface area contributed by atoms with Gasteiger partial charge in [0.25, 0.3) is 11.9 Å². The summed E-state index contributed by atoms with van der Waals surface area (Å²) in [5.41, 5.74) is 8.65. The number of anilines is 2. The van der Waals surface area contributed by atoms with Gasteiger partial charge in [-0.1, -0.05) is 65.7 Å². The Hall–Kier alpha value is -3.81. The molecule has 0 aliphatic carbocycles. The van der Waals surface area contributed by atoms with Gasteiger partial charge in [0.05, 0.1) is 11.7 Å². The SMILES string of the molecule is Nc1nc(N2C(=O)C(O)=C(c3ccccc3)[C@H]2c2ccc(Cl)cc2)nn1-c1ccc(Cl)cc1. The number of carbonyl (C=O) groups excluding carboxylic acids is 1. The number of nitrogen functional groups attached to an aromatic ring is 1. The predicted molar refractivity (Wildman–Crippen MR) is 128 cm³/mol. The smallest absolute Gasteiger partial charge is 0.296 e. The molecule has 33 heavy (non-hydrogen) atoms. The molecule has 0 unspecified atom stereocenters. The molecule has 4 aromatic rings. The van der Waals surface area contributed by atoms with Gasteiger partial charge in [-0.2, -0.15) is 9.67 Å². The van der Waals surface area contributed by atoms with Gasteiger partial charge in [0, 0.05) is 15.6 Å². The van der Waals surface area contributed by atoms with Gasteiger partial charge in [-0.15, -0.1) is 5.10 Å². The number of aliphatic hydroxyl groups excluding tert-OH is 1. The Morgan fingerprint density at radius 3 is 2.12 bits per heavy atom. The van der Waals surface area contributed by atoms with Crippen molar-refractivity contribution < 1.29 is 9.90 Å². The van der Waals surface area contributed by atoms with E-state index in [1.807, 2.05) is 30.3 Å². The number of hydrogen-bond acceptors (Lipinski definition) is 5. The molecule has 0 spiro atoms.